The molecule has 0 aliphatic rings. The van der Waals surface area contributed by atoms with Crippen molar-refractivity contribution in [3.63, 3.8) is 0 Å². The van der Waals surface area contributed by atoms with Gasteiger partial charge in [0.1, 0.15) is 0 Å². The Bertz CT molecular complexity index is 488. The van der Waals surface area contributed by atoms with E-state index in [2.05, 4.69) is 4.74 Å². The van der Waals surface area contributed by atoms with Gasteiger partial charge in [0.15, 0.2) is 0 Å². The van der Waals surface area contributed by atoms with Crippen LogP contribution in [-0.4, -0.2) is 37.5 Å². The van der Waals surface area contributed by atoms with Gasteiger partial charge in [0.2, 0.25) is 0 Å². The number of nitrogens with zero attached hydrogens (tertiary/aromatic N) is 1. The lowest BCUT2D eigenvalue weighted by Crippen LogP contribution is -2.34. The van der Waals surface area contributed by atoms with Gasteiger partial charge in [0.05, 0.1) is 18.6 Å². The van der Waals surface area contributed by atoms with Crippen molar-refractivity contribution < 1.29 is 14.3 Å². The zero-order chi connectivity index (χ0) is 14.6. The Morgan fingerprint density at radius 2 is 2.00 bits per heavy atom. The monoisotopic (exact) mass is 265 g/mol. The third kappa shape index (κ3) is 3.61. The van der Waals surface area contributed by atoms with Crippen molar-refractivity contribution in [2.75, 3.05) is 32.2 Å². The van der Waals surface area contributed by atoms with Crippen LogP contribution in [0.4, 0.5) is 11.4 Å². The molecule has 0 saturated heterocycles. The number of methoxy groups -OCH3 is 1. The molecule has 1 aromatic rings. The van der Waals surface area contributed by atoms with Gasteiger partial charge in [-0.2, -0.15) is 0 Å². The third-order valence-corrected chi connectivity index (χ3v) is 2.80. The van der Waals surface area contributed by atoms with Gasteiger partial charge in [0.25, 0.3) is 5.91 Å². The lowest BCUT2D eigenvalue weighted by molar-refractivity contribution is -0.145. The van der Waals surface area contributed by atoms with Crippen molar-refractivity contribution >= 4 is 23.3 Å². The predicted molar refractivity (Wildman–Crippen MR) is 73.4 cm³/mol. The molecule has 104 valence electrons. The van der Waals surface area contributed by atoms with Crippen LogP contribution in [0.1, 0.15) is 17.3 Å². The molecule has 6 nitrogen and oxygen atoms in total. The van der Waals surface area contributed by atoms with E-state index in [9.17, 15) is 9.59 Å². The quantitative estimate of drug-likeness (QED) is 0.617. The van der Waals surface area contributed by atoms with Gasteiger partial charge >= 0.3 is 5.97 Å². The maximum absolute atomic E-state index is 12.2. The van der Waals surface area contributed by atoms with E-state index >= 15 is 0 Å². The fourth-order valence-electron chi connectivity index (χ4n) is 1.75. The van der Waals surface area contributed by atoms with E-state index < -0.39 is 5.92 Å². The van der Waals surface area contributed by atoms with Gasteiger partial charge in [-0.1, -0.05) is 6.92 Å². The number of nitrogens with two attached hydrogens (primary N) is 2. The maximum Gasteiger partial charge on any atom is 0.310 e. The van der Waals surface area contributed by atoms with E-state index in [1.165, 1.54) is 18.1 Å². The molecule has 6 heteroatoms. The summed E-state index contributed by atoms with van der Waals surface area (Å²) in [6, 6.07) is 4.72. The van der Waals surface area contributed by atoms with Gasteiger partial charge in [-0.15, -0.1) is 0 Å². The van der Waals surface area contributed by atoms with Crippen molar-refractivity contribution in [2.45, 2.75) is 6.92 Å². The number of carbonyl (C=O) groups is 2. The SMILES string of the molecule is COC(=O)C(C)CN(C)C(=O)c1ccc(N)cc1N. The molecular formula is C13H19N3O3. The second-order valence-electron chi connectivity index (χ2n) is 4.46. The minimum Gasteiger partial charge on any atom is -0.469 e. The first kappa shape index (κ1) is 14.8. The molecule has 1 amide bonds. The fourth-order valence-corrected chi connectivity index (χ4v) is 1.75. The number of anilines is 2. The highest BCUT2D eigenvalue weighted by Crippen LogP contribution is 2.17. The number of esters is 1. The molecule has 1 rings (SSSR count). The number of benzene rings is 1. The van der Waals surface area contributed by atoms with E-state index in [0.717, 1.165) is 0 Å². The molecule has 0 bridgehead atoms. The van der Waals surface area contributed by atoms with Crippen LogP contribution in [0.25, 0.3) is 0 Å². The summed E-state index contributed by atoms with van der Waals surface area (Å²) in [5.74, 6) is -1.01. The summed E-state index contributed by atoms with van der Waals surface area (Å²) in [5.41, 5.74) is 12.5. The van der Waals surface area contributed by atoms with E-state index in [1.807, 2.05) is 0 Å². The van der Waals surface area contributed by atoms with Gasteiger partial charge in [0, 0.05) is 25.0 Å². The zero-order valence-electron chi connectivity index (χ0n) is 11.3. The Kier molecular flexibility index (Phi) is 4.74. The molecule has 1 aromatic carbocycles. The van der Waals surface area contributed by atoms with Crippen LogP contribution in [-0.2, 0) is 9.53 Å². The van der Waals surface area contributed by atoms with E-state index in [1.54, 1.807) is 26.1 Å². The molecule has 0 spiro atoms. The summed E-state index contributed by atoms with van der Waals surface area (Å²) >= 11 is 0. The maximum atomic E-state index is 12.2. The number of ether oxygens (including phenoxy) is 1. The van der Waals surface area contributed by atoms with Crippen molar-refractivity contribution in [3.05, 3.63) is 23.8 Å². The Hall–Kier alpha value is -2.24. The van der Waals surface area contributed by atoms with Crippen molar-refractivity contribution in [3.8, 4) is 0 Å². The second kappa shape index (κ2) is 6.08. The Balaban J connectivity index is 2.79. The first-order valence-electron chi connectivity index (χ1n) is 5.85. The minimum atomic E-state index is -0.394. The summed E-state index contributed by atoms with van der Waals surface area (Å²) in [5, 5.41) is 0. The number of hydrogen-bond acceptors (Lipinski definition) is 5. The van der Waals surface area contributed by atoms with Crippen LogP contribution in [0.5, 0.6) is 0 Å². The number of hydrogen-bond donors (Lipinski definition) is 2. The Morgan fingerprint density at radius 1 is 1.37 bits per heavy atom. The topological polar surface area (TPSA) is 98.6 Å². The van der Waals surface area contributed by atoms with Crippen LogP contribution in [0.2, 0.25) is 0 Å². The highest BCUT2D eigenvalue weighted by molar-refractivity contribution is 5.99. The van der Waals surface area contributed by atoms with Crippen molar-refractivity contribution in [2.24, 2.45) is 5.92 Å². The predicted octanol–water partition coefficient (Wildman–Crippen LogP) is 0.732. The van der Waals surface area contributed by atoms with Crippen LogP contribution >= 0.6 is 0 Å². The smallest absolute Gasteiger partial charge is 0.310 e. The van der Waals surface area contributed by atoms with E-state index in [0.29, 0.717) is 16.9 Å². The molecule has 0 aliphatic heterocycles. The van der Waals surface area contributed by atoms with E-state index in [4.69, 9.17) is 11.5 Å². The second-order valence-corrected chi connectivity index (χ2v) is 4.46. The lowest BCUT2D eigenvalue weighted by Gasteiger charge is -2.21. The van der Waals surface area contributed by atoms with E-state index in [-0.39, 0.29) is 18.4 Å². The highest BCUT2D eigenvalue weighted by atomic mass is 16.5. The zero-order valence-corrected chi connectivity index (χ0v) is 11.3. The summed E-state index contributed by atoms with van der Waals surface area (Å²) in [6.45, 7) is 1.96. The molecule has 0 radical (unpaired) electrons. The summed E-state index contributed by atoms with van der Waals surface area (Å²) in [4.78, 5) is 24.9. The first-order valence-corrected chi connectivity index (χ1v) is 5.85. The molecule has 4 N–H and O–H groups in total. The number of carbonyl (C=O) groups excluding carboxylic acids is 2. The largest absolute Gasteiger partial charge is 0.469 e. The molecule has 0 fully saturated rings. The molecule has 1 unspecified atom stereocenters. The lowest BCUT2D eigenvalue weighted by atomic mass is 10.1. The minimum absolute atomic E-state index is 0.256. The average Bonchev–Trinajstić information content (AvgIpc) is 2.36. The summed E-state index contributed by atoms with van der Waals surface area (Å²) < 4.78 is 4.62. The van der Waals surface area contributed by atoms with Gasteiger partial charge in [-0.05, 0) is 18.2 Å². The van der Waals surface area contributed by atoms with Crippen LogP contribution in [0.3, 0.4) is 0 Å². The Labute approximate surface area is 112 Å². The van der Waals surface area contributed by atoms with Gasteiger partial charge < -0.3 is 21.1 Å². The summed E-state index contributed by atoms with van der Waals surface area (Å²) in [7, 11) is 2.93. The van der Waals surface area contributed by atoms with Crippen LogP contribution < -0.4 is 11.5 Å². The van der Waals surface area contributed by atoms with Gasteiger partial charge in [-0.25, -0.2) is 0 Å². The Morgan fingerprint density at radius 3 is 2.53 bits per heavy atom. The standard InChI is InChI=1S/C13H19N3O3/c1-8(13(18)19-3)7-16(2)12(17)10-5-4-9(14)6-11(10)15/h4-6,8H,7,14-15H2,1-3H3. The molecule has 0 aromatic heterocycles. The van der Waals surface area contributed by atoms with Crippen LogP contribution in [0.15, 0.2) is 18.2 Å². The fraction of sp³-hybridized carbons (Fsp3) is 0.385. The molecule has 1 atom stereocenters. The number of amides is 1. The first-order chi connectivity index (χ1) is 8.86. The average molecular weight is 265 g/mol. The van der Waals surface area contributed by atoms with Crippen LogP contribution in [0, 0.1) is 5.92 Å². The highest BCUT2D eigenvalue weighted by Gasteiger charge is 2.20. The molecule has 0 aliphatic carbocycles. The molecule has 19 heavy (non-hydrogen) atoms. The van der Waals surface area contributed by atoms with Crippen molar-refractivity contribution in [1.29, 1.82) is 0 Å². The van der Waals surface area contributed by atoms with Crippen molar-refractivity contribution in [1.82, 2.24) is 4.90 Å². The summed E-state index contributed by atoms with van der Waals surface area (Å²) in [6.07, 6.45) is 0. The number of rotatable bonds is 4. The van der Waals surface area contributed by atoms with Gasteiger partial charge in [-0.3, -0.25) is 9.59 Å². The molecule has 0 saturated carbocycles. The number of nitrogen functional groups attached to an aromatic ring is 2. The normalized spacial score (nSPS) is 11.7. The molecular weight excluding hydrogens is 246 g/mol. The third-order valence-electron chi connectivity index (χ3n) is 2.80. The molecule has 0 heterocycles.